The summed E-state index contributed by atoms with van der Waals surface area (Å²) in [7, 11) is 0. The van der Waals surface area contributed by atoms with Gasteiger partial charge in [0.05, 0.1) is 12.0 Å². The van der Waals surface area contributed by atoms with E-state index in [-0.39, 0.29) is 12.0 Å². The molecule has 0 aromatic rings. The monoisotopic (exact) mass is 231 g/mol. The fourth-order valence-electron chi connectivity index (χ4n) is 3.74. The third-order valence-electron chi connectivity index (χ3n) is 4.69. The first kappa shape index (κ1) is 10.9. The average molecular weight is 231 g/mol. The molecule has 0 aromatic carbocycles. The summed E-state index contributed by atoms with van der Waals surface area (Å²) in [5, 5.41) is 0. The van der Waals surface area contributed by atoms with E-state index in [1.54, 1.807) is 0 Å². The number of hydrogen-bond donors (Lipinski definition) is 0. The fraction of sp³-hybridized carbons (Fsp3) is 1.00. The second-order valence-corrected chi connectivity index (χ2v) is 5.72. The molecule has 2 aliphatic heterocycles. The van der Waals surface area contributed by atoms with Gasteiger partial charge in [0, 0.05) is 25.1 Å². The summed E-state index contributed by atoms with van der Waals surface area (Å²) in [6, 6.07) is 0. The third-order valence-corrected chi connectivity index (χ3v) is 4.69. The van der Waals surface area contributed by atoms with Gasteiger partial charge in [-0.3, -0.25) is 4.90 Å². The second-order valence-electron chi connectivity index (χ2n) is 5.72. The molecule has 2 atom stereocenters. The van der Waals surface area contributed by atoms with E-state index in [9.17, 15) is 8.78 Å². The minimum atomic E-state index is -2.41. The first-order valence-electron chi connectivity index (χ1n) is 6.24. The molecule has 0 aromatic heterocycles. The summed E-state index contributed by atoms with van der Waals surface area (Å²) in [6.45, 7) is 4.85. The van der Waals surface area contributed by atoms with Crippen LogP contribution in [-0.4, -0.2) is 42.7 Å². The second kappa shape index (κ2) is 3.16. The highest BCUT2D eigenvalue weighted by Crippen LogP contribution is 2.69. The van der Waals surface area contributed by atoms with Crippen molar-refractivity contribution in [1.82, 2.24) is 4.90 Å². The predicted molar refractivity (Wildman–Crippen MR) is 56.6 cm³/mol. The van der Waals surface area contributed by atoms with Crippen LogP contribution in [0.5, 0.6) is 0 Å². The van der Waals surface area contributed by atoms with Crippen molar-refractivity contribution in [3.8, 4) is 0 Å². The van der Waals surface area contributed by atoms with E-state index in [1.165, 1.54) is 0 Å². The summed E-state index contributed by atoms with van der Waals surface area (Å²) < 4.78 is 32.4. The van der Waals surface area contributed by atoms with E-state index in [2.05, 4.69) is 4.90 Å². The van der Waals surface area contributed by atoms with Crippen LogP contribution in [0.4, 0.5) is 8.78 Å². The Morgan fingerprint density at radius 3 is 2.69 bits per heavy atom. The molecule has 92 valence electrons. The topological polar surface area (TPSA) is 12.5 Å². The van der Waals surface area contributed by atoms with Crippen LogP contribution in [-0.2, 0) is 4.74 Å². The van der Waals surface area contributed by atoms with Crippen LogP contribution in [0.3, 0.4) is 0 Å². The molecule has 2 unspecified atom stereocenters. The number of halogens is 2. The summed E-state index contributed by atoms with van der Waals surface area (Å²) in [4.78, 5) is 2.27. The minimum Gasteiger partial charge on any atom is -0.380 e. The van der Waals surface area contributed by atoms with Gasteiger partial charge in [-0.2, -0.15) is 0 Å². The van der Waals surface area contributed by atoms with Crippen LogP contribution in [0.25, 0.3) is 0 Å². The van der Waals surface area contributed by atoms with E-state index in [0.717, 1.165) is 19.4 Å². The van der Waals surface area contributed by atoms with Crippen molar-refractivity contribution in [2.24, 2.45) is 5.41 Å². The van der Waals surface area contributed by atoms with Gasteiger partial charge in [0.15, 0.2) is 0 Å². The zero-order valence-electron chi connectivity index (χ0n) is 9.77. The number of nitrogens with zero attached hydrogens (tertiary/aromatic N) is 1. The van der Waals surface area contributed by atoms with E-state index in [4.69, 9.17) is 4.74 Å². The zero-order valence-corrected chi connectivity index (χ0v) is 9.77. The Labute approximate surface area is 94.9 Å². The number of fused-ring (bicyclic) bond motifs is 1. The Bertz CT molecular complexity index is 309. The SMILES string of the molecule is CCOCC12CCCN1CC1(C2)CC1(F)F. The number of hydrogen-bond acceptors (Lipinski definition) is 2. The first-order chi connectivity index (χ1) is 7.54. The van der Waals surface area contributed by atoms with E-state index in [0.29, 0.717) is 26.2 Å². The average Bonchev–Trinajstić information content (AvgIpc) is 2.53. The van der Waals surface area contributed by atoms with Gasteiger partial charge in [-0.15, -0.1) is 0 Å². The lowest BCUT2D eigenvalue weighted by Gasteiger charge is -2.31. The van der Waals surface area contributed by atoms with Gasteiger partial charge in [0.25, 0.3) is 5.92 Å². The Kier molecular flexibility index (Phi) is 2.16. The number of alkyl halides is 2. The van der Waals surface area contributed by atoms with Gasteiger partial charge in [-0.1, -0.05) is 0 Å². The van der Waals surface area contributed by atoms with Crippen LogP contribution < -0.4 is 0 Å². The normalized spacial score (nSPS) is 45.2. The van der Waals surface area contributed by atoms with Crippen LogP contribution in [0, 0.1) is 5.41 Å². The molecular weight excluding hydrogens is 212 g/mol. The Morgan fingerprint density at radius 1 is 1.31 bits per heavy atom. The van der Waals surface area contributed by atoms with Gasteiger partial charge in [-0.25, -0.2) is 8.78 Å². The minimum absolute atomic E-state index is 0.0596. The lowest BCUT2D eigenvalue weighted by Crippen LogP contribution is -2.42. The highest BCUT2D eigenvalue weighted by molar-refractivity contribution is 5.22. The Balaban J connectivity index is 1.77. The van der Waals surface area contributed by atoms with Gasteiger partial charge >= 0.3 is 0 Å². The molecule has 0 N–H and O–H groups in total. The standard InChI is InChI=1S/C12H19F2NO/c1-2-16-9-11-4-3-5-15(11)8-10(6-11)7-12(10,13)14/h2-9H2,1H3. The number of rotatable bonds is 3. The maximum atomic E-state index is 13.4. The van der Waals surface area contributed by atoms with E-state index in [1.807, 2.05) is 6.92 Å². The largest absolute Gasteiger partial charge is 0.380 e. The molecule has 2 heterocycles. The maximum Gasteiger partial charge on any atom is 0.255 e. The van der Waals surface area contributed by atoms with Crippen LogP contribution in [0.2, 0.25) is 0 Å². The maximum absolute atomic E-state index is 13.4. The van der Waals surface area contributed by atoms with E-state index >= 15 is 0 Å². The molecule has 0 amide bonds. The van der Waals surface area contributed by atoms with Crippen molar-refractivity contribution in [3.63, 3.8) is 0 Å². The molecule has 0 radical (unpaired) electrons. The highest BCUT2D eigenvalue weighted by Gasteiger charge is 2.77. The summed E-state index contributed by atoms with van der Waals surface area (Å²) in [5.74, 6) is -2.41. The van der Waals surface area contributed by atoms with Crippen molar-refractivity contribution in [2.75, 3.05) is 26.3 Å². The molecule has 1 saturated carbocycles. The van der Waals surface area contributed by atoms with Crippen molar-refractivity contribution in [1.29, 1.82) is 0 Å². The molecule has 4 heteroatoms. The van der Waals surface area contributed by atoms with Gasteiger partial charge in [0.1, 0.15) is 0 Å². The molecule has 2 nitrogen and oxygen atoms in total. The van der Waals surface area contributed by atoms with Crippen molar-refractivity contribution in [3.05, 3.63) is 0 Å². The lowest BCUT2D eigenvalue weighted by atomic mass is 9.89. The Morgan fingerprint density at radius 2 is 2.06 bits per heavy atom. The summed E-state index contributed by atoms with van der Waals surface area (Å²) in [5.41, 5.74) is -0.750. The summed E-state index contributed by atoms with van der Waals surface area (Å²) in [6.07, 6.45) is 2.91. The molecule has 2 saturated heterocycles. The molecule has 1 spiro atoms. The van der Waals surface area contributed by atoms with Crippen LogP contribution in [0.15, 0.2) is 0 Å². The van der Waals surface area contributed by atoms with Crippen LogP contribution >= 0.6 is 0 Å². The molecular formula is C12H19F2NO. The number of ether oxygens (including phenoxy) is 1. The summed E-state index contributed by atoms with van der Waals surface area (Å²) >= 11 is 0. The highest BCUT2D eigenvalue weighted by atomic mass is 19.3. The van der Waals surface area contributed by atoms with Gasteiger partial charge in [0.2, 0.25) is 0 Å². The van der Waals surface area contributed by atoms with Crippen molar-refractivity contribution in [2.45, 2.75) is 44.1 Å². The van der Waals surface area contributed by atoms with Crippen molar-refractivity contribution < 1.29 is 13.5 Å². The quantitative estimate of drug-likeness (QED) is 0.739. The molecule has 1 aliphatic carbocycles. The first-order valence-corrected chi connectivity index (χ1v) is 6.24. The molecule has 3 aliphatic rings. The predicted octanol–water partition coefficient (Wildman–Crippen LogP) is 2.29. The lowest BCUT2D eigenvalue weighted by molar-refractivity contribution is 0.0392. The van der Waals surface area contributed by atoms with Gasteiger partial charge < -0.3 is 4.74 Å². The Hall–Kier alpha value is -0.220. The third kappa shape index (κ3) is 1.29. The van der Waals surface area contributed by atoms with E-state index < -0.39 is 11.3 Å². The van der Waals surface area contributed by atoms with Crippen LogP contribution in [0.1, 0.15) is 32.6 Å². The molecule has 0 bridgehead atoms. The molecule has 3 fully saturated rings. The molecule has 3 rings (SSSR count). The molecule has 16 heavy (non-hydrogen) atoms. The fourth-order valence-corrected chi connectivity index (χ4v) is 3.74. The van der Waals surface area contributed by atoms with Gasteiger partial charge in [-0.05, 0) is 32.7 Å². The smallest absolute Gasteiger partial charge is 0.255 e. The zero-order chi connectivity index (χ0) is 11.4. The van der Waals surface area contributed by atoms with Crippen molar-refractivity contribution >= 4 is 0 Å².